The van der Waals surface area contributed by atoms with E-state index in [9.17, 15) is 9.59 Å². The Balaban J connectivity index is 0.00000625. The van der Waals surface area contributed by atoms with E-state index in [0.29, 0.717) is 0 Å². The van der Waals surface area contributed by atoms with Gasteiger partial charge in [0, 0.05) is 0 Å². The predicted octanol–water partition coefficient (Wildman–Crippen LogP) is 7.14. The molecule has 0 bridgehead atoms. The average Bonchev–Trinajstić information content (AvgIpc) is 2.92. The third-order valence-corrected chi connectivity index (χ3v) is 5.00. The van der Waals surface area contributed by atoms with Crippen LogP contribution < -0.4 is 0 Å². The van der Waals surface area contributed by atoms with Gasteiger partial charge in [0.25, 0.3) is 0 Å². The van der Waals surface area contributed by atoms with Gasteiger partial charge in [-0.25, -0.2) is 0 Å². The first-order chi connectivity index (χ1) is 12.2. The predicted molar refractivity (Wildman–Crippen MR) is 110 cm³/mol. The number of hydrogen-bond acceptors (Lipinski definition) is 3. The zero-order valence-corrected chi connectivity index (χ0v) is 16.3. The number of unbranched alkanes of at least 4 members (excludes halogenated alkanes) is 14. The number of esters is 2. The zero-order chi connectivity index (χ0) is 18.2. The maximum absolute atomic E-state index is 11.3. The first kappa shape index (κ1) is 24.9. The SMILES string of the molecule is C.CCCCCCCCCCCCCCCCC=CC1CC(=O)OC1=O. The number of carbonyl (C=O) groups excluding carboxylic acids is 2. The van der Waals surface area contributed by atoms with Crippen molar-refractivity contribution in [3.63, 3.8) is 0 Å². The number of rotatable bonds is 16. The van der Waals surface area contributed by atoms with Gasteiger partial charge < -0.3 is 4.74 Å². The van der Waals surface area contributed by atoms with Crippen molar-refractivity contribution in [2.24, 2.45) is 5.92 Å². The summed E-state index contributed by atoms with van der Waals surface area (Å²) >= 11 is 0. The Labute approximate surface area is 162 Å². The van der Waals surface area contributed by atoms with Gasteiger partial charge >= 0.3 is 11.9 Å². The summed E-state index contributed by atoms with van der Waals surface area (Å²) < 4.78 is 4.52. The van der Waals surface area contributed by atoms with E-state index in [0.717, 1.165) is 6.42 Å². The van der Waals surface area contributed by atoms with Crippen LogP contribution >= 0.6 is 0 Å². The molecule has 1 heterocycles. The first-order valence-electron chi connectivity index (χ1n) is 10.6. The van der Waals surface area contributed by atoms with Gasteiger partial charge in [0.15, 0.2) is 0 Å². The molecule has 0 radical (unpaired) electrons. The van der Waals surface area contributed by atoms with Gasteiger partial charge in [-0.3, -0.25) is 9.59 Å². The lowest BCUT2D eigenvalue weighted by Gasteiger charge is -2.03. The largest absolute Gasteiger partial charge is 0.393 e. The summed E-state index contributed by atoms with van der Waals surface area (Å²) in [5.41, 5.74) is 0. The summed E-state index contributed by atoms with van der Waals surface area (Å²) in [5.74, 6) is -1.11. The average molecular weight is 367 g/mol. The molecule has 1 aliphatic heterocycles. The van der Waals surface area contributed by atoms with E-state index in [1.54, 1.807) is 0 Å². The first-order valence-corrected chi connectivity index (χ1v) is 10.6. The Morgan fingerprint density at radius 3 is 1.69 bits per heavy atom. The van der Waals surface area contributed by atoms with E-state index in [2.05, 4.69) is 11.7 Å². The molecule has 152 valence electrons. The van der Waals surface area contributed by atoms with Crippen LogP contribution in [-0.2, 0) is 14.3 Å². The van der Waals surface area contributed by atoms with Gasteiger partial charge in [0.05, 0.1) is 12.3 Å². The Bertz CT molecular complexity index is 387. The van der Waals surface area contributed by atoms with Crippen LogP contribution in [0.25, 0.3) is 0 Å². The Morgan fingerprint density at radius 2 is 1.27 bits per heavy atom. The highest BCUT2D eigenvalue weighted by Gasteiger charge is 2.30. The zero-order valence-electron chi connectivity index (χ0n) is 16.3. The number of allylic oxidation sites excluding steroid dienone is 1. The van der Waals surface area contributed by atoms with Crippen molar-refractivity contribution < 1.29 is 14.3 Å². The van der Waals surface area contributed by atoms with Gasteiger partial charge in [-0.05, 0) is 12.8 Å². The van der Waals surface area contributed by atoms with E-state index < -0.39 is 5.97 Å². The fraction of sp³-hybridized carbons (Fsp3) is 0.826. The number of carbonyl (C=O) groups is 2. The summed E-state index contributed by atoms with van der Waals surface area (Å²) in [7, 11) is 0. The van der Waals surface area contributed by atoms with Crippen molar-refractivity contribution in [3.05, 3.63) is 12.2 Å². The molecule has 1 rings (SSSR count). The van der Waals surface area contributed by atoms with E-state index in [1.165, 1.54) is 89.9 Å². The Hall–Kier alpha value is -1.12. The molecular formula is C23H42O3. The fourth-order valence-corrected chi connectivity index (χ4v) is 3.36. The highest BCUT2D eigenvalue weighted by molar-refractivity contribution is 5.95. The maximum Gasteiger partial charge on any atom is 0.321 e. The third-order valence-electron chi connectivity index (χ3n) is 5.00. The minimum Gasteiger partial charge on any atom is -0.393 e. The topological polar surface area (TPSA) is 43.4 Å². The van der Waals surface area contributed by atoms with Crippen LogP contribution in [0.2, 0.25) is 0 Å². The summed E-state index contributed by atoms with van der Waals surface area (Å²) in [6, 6.07) is 0. The van der Waals surface area contributed by atoms with Crippen molar-refractivity contribution in [3.8, 4) is 0 Å². The fourth-order valence-electron chi connectivity index (χ4n) is 3.36. The van der Waals surface area contributed by atoms with Crippen LogP contribution in [0.15, 0.2) is 12.2 Å². The van der Waals surface area contributed by atoms with E-state index >= 15 is 0 Å². The molecule has 3 heteroatoms. The molecule has 1 atom stereocenters. The molecule has 1 aliphatic rings. The number of hydrogen-bond donors (Lipinski definition) is 0. The molecule has 1 unspecified atom stereocenters. The molecule has 0 aromatic carbocycles. The third kappa shape index (κ3) is 13.1. The van der Waals surface area contributed by atoms with E-state index in [-0.39, 0.29) is 25.7 Å². The van der Waals surface area contributed by atoms with Crippen molar-refractivity contribution >= 4 is 11.9 Å². The van der Waals surface area contributed by atoms with Crippen molar-refractivity contribution in [1.29, 1.82) is 0 Å². The van der Waals surface area contributed by atoms with Crippen LogP contribution in [0, 0.1) is 5.92 Å². The number of cyclic esters (lactones) is 2. The van der Waals surface area contributed by atoms with E-state index in [1.807, 2.05) is 12.2 Å². The molecule has 0 saturated carbocycles. The molecule has 1 saturated heterocycles. The molecule has 0 amide bonds. The van der Waals surface area contributed by atoms with Gasteiger partial charge in [0.1, 0.15) is 0 Å². The lowest BCUT2D eigenvalue weighted by atomic mass is 10.0. The lowest BCUT2D eigenvalue weighted by Crippen LogP contribution is -2.03. The normalized spacial score (nSPS) is 16.9. The second kappa shape index (κ2) is 17.3. The van der Waals surface area contributed by atoms with Gasteiger partial charge in [-0.1, -0.05) is 110 Å². The molecule has 0 spiro atoms. The molecule has 0 aromatic heterocycles. The standard InChI is InChI=1S/C22H38O3.CH4/c1-2-3-4-5-6-7-8-9-10-11-12-13-14-15-16-17-18-20-19-21(23)25-22(20)24;/h17-18,20H,2-16,19H2,1H3;1H4. The van der Waals surface area contributed by atoms with Crippen LogP contribution in [0.1, 0.15) is 117 Å². The summed E-state index contributed by atoms with van der Waals surface area (Å²) in [5, 5.41) is 0. The van der Waals surface area contributed by atoms with E-state index in [4.69, 9.17) is 0 Å². The quantitative estimate of drug-likeness (QED) is 0.126. The molecule has 26 heavy (non-hydrogen) atoms. The minimum absolute atomic E-state index is 0. The van der Waals surface area contributed by atoms with Crippen molar-refractivity contribution in [2.45, 2.75) is 117 Å². The number of ether oxygens (including phenoxy) is 1. The summed E-state index contributed by atoms with van der Waals surface area (Å²) in [6.07, 6.45) is 24.2. The van der Waals surface area contributed by atoms with Crippen LogP contribution in [0.5, 0.6) is 0 Å². The maximum atomic E-state index is 11.3. The Morgan fingerprint density at radius 1 is 0.808 bits per heavy atom. The Kier molecular flexibility index (Phi) is 16.6. The molecule has 0 aliphatic carbocycles. The molecule has 1 fully saturated rings. The molecule has 0 N–H and O–H groups in total. The van der Waals surface area contributed by atoms with Gasteiger partial charge in [-0.15, -0.1) is 0 Å². The summed E-state index contributed by atoms with van der Waals surface area (Å²) in [4.78, 5) is 22.2. The summed E-state index contributed by atoms with van der Waals surface area (Å²) in [6.45, 7) is 2.27. The van der Waals surface area contributed by atoms with Crippen molar-refractivity contribution in [1.82, 2.24) is 0 Å². The van der Waals surface area contributed by atoms with Gasteiger partial charge in [-0.2, -0.15) is 0 Å². The second-order valence-corrected chi connectivity index (χ2v) is 7.42. The van der Waals surface area contributed by atoms with Crippen molar-refractivity contribution in [2.75, 3.05) is 0 Å². The monoisotopic (exact) mass is 366 g/mol. The van der Waals surface area contributed by atoms with Crippen LogP contribution in [-0.4, -0.2) is 11.9 Å². The highest BCUT2D eigenvalue weighted by atomic mass is 16.6. The van der Waals surface area contributed by atoms with Gasteiger partial charge in [0.2, 0.25) is 0 Å². The second-order valence-electron chi connectivity index (χ2n) is 7.42. The molecule has 0 aromatic rings. The highest BCUT2D eigenvalue weighted by Crippen LogP contribution is 2.18. The van der Waals surface area contributed by atoms with Crippen LogP contribution in [0.4, 0.5) is 0 Å². The minimum atomic E-state index is -0.392. The van der Waals surface area contributed by atoms with Crippen LogP contribution in [0.3, 0.4) is 0 Å². The lowest BCUT2D eigenvalue weighted by molar-refractivity contribution is -0.152. The smallest absolute Gasteiger partial charge is 0.321 e. The molecule has 3 nitrogen and oxygen atoms in total. The molecular weight excluding hydrogens is 324 g/mol.